The molecule has 0 bridgehead atoms. The van der Waals surface area contributed by atoms with Crippen LogP contribution in [0.3, 0.4) is 0 Å². The average Bonchev–Trinajstić information content (AvgIpc) is 2.49. The van der Waals surface area contributed by atoms with Crippen LogP contribution in [-0.2, 0) is 0 Å². The van der Waals surface area contributed by atoms with Gasteiger partial charge in [0.1, 0.15) is 0 Å². The Morgan fingerprint density at radius 1 is 0.950 bits per heavy atom. The SMILES string of the molecule is CC1CCCCC1NCCN1CCN2CCCCC2C1. The van der Waals surface area contributed by atoms with Crippen molar-refractivity contribution in [2.45, 2.75) is 64.0 Å². The second kappa shape index (κ2) is 7.24. The summed E-state index contributed by atoms with van der Waals surface area (Å²) >= 11 is 0. The Kier molecular flexibility index (Phi) is 5.36. The average molecular weight is 279 g/mol. The summed E-state index contributed by atoms with van der Waals surface area (Å²) in [6.45, 7) is 10.2. The predicted molar refractivity (Wildman–Crippen MR) is 85.1 cm³/mol. The molecule has 1 aliphatic carbocycles. The lowest BCUT2D eigenvalue weighted by Crippen LogP contribution is -2.56. The molecule has 2 aliphatic heterocycles. The van der Waals surface area contributed by atoms with Crippen molar-refractivity contribution in [3.05, 3.63) is 0 Å². The number of piperazine rings is 1. The van der Waals surface area contributed by atoms with E-state index in [9.17, 15) is 0 Å². The summed E-state index contributed by atoms with van der Waals surface area (Å²) in [6.07, 6.45) is 10.0. The van der Waals surface area contributed by atoms with Gasteiger partial charge < -0.3 is 5.32 Å². The Labute approximate surface area is 125 Å². The zero-order chi connectivity index (χ0) is 13.8. The molecule has 1 saturated carbocycles. The quantitative estimate of drug-likeness (QED) is 0.852. The van der Waals surface area contributed by atoms with Crippen molar-refractivity contribution in [1.29, 1.82) is 0 Å². The lowest BCUT2D eigenvalue weighted by molar-refractivity contribution is 0.0492. The zero-order valence-corrected chi connectivity index (χ0v) is 13.3. The predicted octanol–water partition coefficient (Wildman–Crippen LogP) is 2.32. The van der Waals surface area contributed by atoms with Crippen LogP contribution >= 0.6 is 0 Å². The summed E-state index contributed by atoms with van der Waals surface area (Å²) in [6, 6.07) is 1.66. The molecule has 3 nitrogen and oxygen atoms in total. The molecule has 0 spiro atoms. The minimum Gasteiger partial charge on any atom is -0.312 e. The van der Waals surface area contributed by atoms with E-state index < -0.39 is 0 Å². The van der Waals surface area contributed by atoms with Crippen LogP contribution in [0.25, 0.3) is 0 Å². The van der Waals surface area contributed by atoms with Crippen LogP contribution in [0.2, 0.25) is 0 Å². The zero-order valence-electron chi connectivity index (χ0n) is 13.3. The Hall–Kier alpha value is -0.120. The molecule has 2 heterocycles. The molecule has 3 atom stereocenters. The molecule has 0 amide bonds. The van der Waals surface area contributed by atoms with E-state index in [1.807, 2.05) is 0 Å². The van der Waals surface area contributed by atoms with Gasteiger partial charge in [-0.3, -0.25) is 9.80 Å². The van der Waals surface area contributed by atoms with Crippen LogP contribution < -0.4 is 5.32 Å². The molecule has 20 heavy (non-hydrogen) atoms. The smallest absolute Gasteiger partial charge is 0.0223 e. The summed E-state index contributed by atoms with van der Waals surface area (Å²) in [4.78, 5) is 5.43. The number of hydrogen-bond acceptors (Lipinski definition) is 3. The van der Waals surface area contributed by atoms with Gasteiger partial charge in [-0.05, 0) is 38.1 Å². The standard InChI is InChI=1S/C17H33N3/c1-15-6-2-3-8-17(15)18-9-11-19-12-13-20-10-5-4-7-16(20)14-19/h15-18H,2-14H2,1H3. The Morgan fingerprint density at radius 3 is 2.70 bits per heavy atom. The first-order valence-electron chi connectivity index (χ1n) is 9.03. The van der Waals surface area contributed by atoms with Gasteiger partial charge >= 0.3 is 0 Å². The molecular formula is C17H33N3. The number of piperidine rings is 1. The van der Waals surface area contributed by atoms with Crippen LogP contribution in [-0.4, -0.2) is 61.2 Å². The maximum atomic E-state index is 3.84. The van der Waals surface area contributed by atoms with E-state index in [1.165, 1.54) is 84.2 Å². The minimum atomic E-state index is 0.791. The van der Waals surface area contributed by atoms with E-state index in [4.69, 9.17) is 0 Å². The topological polar surface area (TPSA) is 18.5 Å². The van der Waals surface area contributed by atoms with Gasteiger partial charge in [0, 0.05) is 44.8 Å². The molecule has 1 N–H and O–H groups in total. The molecule has 0 aromatic carbocycles. The normalized spacial score (nSPS) is 36.8. The van der Waals surface area contributed by atoms with Gasteiger partial charge in [0.25, 0.3) is 0 Å². The van der Waals surface area contributed by atoms with E-state index in [0.29, 0.717) is 0 Å². The Bertz CT molecular complexity index is 294. The molecular weight excluding hydrogens is 246 g/mol. The summed E-state index contributed by atoms with van der Waals surface area (Å²) < 4.78 is 0. The van der Waals surface area contributed by atoms with Gasteiger partial charge in [0.05, 0.1) is 0 Å². The van der Waals surface area contributed by atoms with Crippen molar-refractivity contribution in [3.63, 3.8) is 0 Å². The fraction of sp³-hybridized carbons (Fsp3) is 1.00. The first kappa shape index (κ1) is 14.8. The first-order chi connectivity index (χ1) is 9.83. The lowest BCUT2D eigenvalue weighted by atomic mass is 9.86. The second-order valence-corrected chi connectivity index (χ2v) is 7.31. The molecule has 0 aromatic heterocycles. The molecule has 2 saturated heterocycles. The monoisotopic (exact) mass is 279 g/mol. The van der Waals surface area contributed by atoms with Crippen LogP contribution in [0.4, 0.5) is 0 Å². The Morgan fingerprint density at radius 2 is 1.80 bits per heavy atom. The minimum absolute atomic E-state index is 0.791. The lowest BCUT2D eigenvalue weighted by Gasteiger charge is -2.44. The van der Waals surface area contributed by atoms with E-state index in [0.717, 1.165) is 18.0 Å². The number of fused-ring (bicyclic) bond motifs is 1. The van der Waals surface area contributed by atoms with E-state index in [2.05, 4.69) is 22.0 Å². The number of nitrogens with zero attached hydrogens (tertiary/aromatic N) is 2. The fourth-order valence-corrected chi connectivity index (χ4v) is 4.45. The number of hydrogen-bond donors (Lipinski definition) is 1. The third-order valence-corrected chi connectivity index (χ3v) is 5.87. The molecule has 0 aromatic rings. The van der Waals surface area contributed by atoms with Crippen LogP contribution in [0.1, 0.15) is 51.9 Å². The highest BCUT2D eigenvalue weighted by atomic mass is 15.3. The van der Waals surface area contributed by atoms with Crippen molar-refractivity contribution in [3.8, 4) is 0 Å². The van der Waals surface area contributed by atoms with Gasteiger partial charge in [-0.1, -0.05) is 26.2 Å². The van der Waals surface area contributed by atoms with Gasteiger partial charge in [-0.15, -0.1) is 0 Å². The fourth-order valence-electron chi connectivity index (χ4n) is 4.45. The summed E-state index contributed by atoms with van der Waals surface area (Å²) in [7, 11) is 0. The van der Waals surface area contributed by atoms with E-state index in [-0.39, 0.29) is 0 Å². The highest BCUT2D eigenvalue weighted by molar-refractivity contribution is 4.85. The molecule has 3 fully saturated rings. The number of nitrogens with one attached hydrogen (secondary N) is 1. The van der Waals surface area contributed by atoms with Crippen LogP contribution in [0.15, 0.2) is 0 Å². The summed E-state index contributed by atoms with van der Waals surface area (Å²) in [5.41, 5.74) is 0. The van der Waals surface area contributed by atoms with E-state index in [1.54, 1.807) is 0 Å². The maximum absolute atomic E-state index is 3.84. The highest BCUT2D eigenvalue weighted by Crippen LogP contribution is 2.24. The maximum Gasteiger partial charge on any atom is 0.0223 e. The largest absolute Gasteiger partial charge is 0.312 e. The van der Waals surface area contributed by atoms with Gasteiger partial charge in [0.15, 0.2) is 0 Å². The molecule has 3 unspecified atom stereocenters. The second-order valence-electron chi connectivity index (χ2n) is 7.31. The third kappa shape index (κ3) is 3.75. The van der Waals surface area contributed by atoms with Crippen molar-refractivity contribution >= 4 is 0 Å². The van der Waals surface area contributed by atoms with Crippen molar-refractivity contribution < 1.29 is 0 Å². The van der Waals surface area contributed by atoms with Crippen molar-refractivity contribution in [2.75, 3.05) is 39.3 Å². The third-order valence-electron chi connectivity index (χ3n) is 5.87. The number of rotatable bonds is 4. The van der Waals surface area contributed by atoms with Gasteiger partial charge in [0.2, 0.25) is 0 Å². The van der Waals surface area contributed by atoms with Crippen molar-refractivity contribution in [1.82, 2.24) is 15.1 Å². The molecule has 3 aliphatic rings. The summed E-state index contributed by atoms with van der Waals surface area (Å²) in [5.74, 6) is 0.888. The molecule has 0 radical (unpaired) electrons. The van der Waals surface area contributed by atoms with Gasteiger partial charge in [-0.25, -0.2) is 0 Å². The van der Waals surface area contributed by atoms with Crippen LogP contribution in [0.5, 0.6) is 0 Å². The molecule has 116 valence electrons. The molecule has 3 heteroatoms. The molecule has 3 rings (SSSR count). The Balaban J connectivity index is 1.36. The van der Waals surface area contributed by atoms with Gasteiger partial charge in [-0.2, -0.15) is 0 Å². The van der Waals surface area contributed by atoms with Crippen LogP contribution in [0, 0.1) is 5.92 Å². The highest BCUT2D eigenvalue weighted by Gasteiger charge is 2.28. The van der Waals surface area contributed by atoms with Crippen molar-refractivity contribution in [2.24, 2.45) is 5.92 Å². The summed E-state index contributed by atoms with van der Waals surface area (Å²) in [5, 5.41) is 3.84. The first-order valence-corrected chi connectivity index (χ1v) is 9.03. The van der Waals surface area contributed by atoms with E-state index >= 15 is 0 Å².